The van der Waals surface area contributed by atoms with Crippen LogP contribution in [0.1, 0.15) is 40.4 Å². The average Bonchev–Trinajstić information content (AvgIpc) is 2.67. The molecule has 0 radical (unpaired) electrons. The van der Waals surface area contributed by atoms with Crippen molar-refractivity contribution in [2.45, 2.75) is 13.3 Å². The highest BCUT2D eigenvalue weighted by Gasteiger charge is 2.12. The number of carbonyl (C=O) groups is 1. The van der Waals surface area contributed by atoms with E-state index in [1.54, 1.807) is 0 Å². The molecular weight excluding hydrogens is 292 g/mol. The lowest BCUT2D eigenvalue weighted by atomic mass is 9.88. The van der Waals surface area contributed by atoms with Crippen LogP contribution in [0.5, 0.6) is 0 Å². The van der Waals surface area contributed by atoms with E-state index in [0.717, 1.165) is 18.3 Å². The molecule has 0 amide bonds. The molecule has 0 aliphatic heterocycles. The Morgan fingerprint density at radius 1 is 0.708 bits per heavy atom. The lowest BCUT2D eigenvalue weighted by Gasteiger charge is -2.16. The number of hydrogen-bond acceptors (Lipinski definition) is 1. The first-order valence-corrected chi connectivity index (χ1v) is 8.23. The van der Waals surface area contributed by atoms with Gasteiger partial charge in [-0.2, -0.15) is 0 Å². The summed E-state index contributed by atoms with van der Waals surface area (Å²) in [6.07, 6.45) is 1.82. The van der Waals surface area contributed by atoms with Crippen molar-refractivity contribution in [3.63, 3.8) is 0 Å². The number of benzene rings is 3. The van der Waals surface area contributed by atoms with Crippen molar-refractivity contribution in [2.24, 2.45) is 0 Å². The molecule has 0 saturated carbocycles. The molecule has 3 aromatic carbocycles. The van der Waals surface area contributed by atoms with Crippen LogP contribution >= 0.6 is 0 Å². The zero-order chi connectivity index (χ0) is 16.8. The number of carbonyl (C=O) groups excluding carboxylic acids is 1. The Hall–Kier alpha value is -2.93. The van der Waals surface area contributed by atoms with Gasteiger partial charge in [0, 0.05) is 5.56 Å². The first kappa shape index (κ1) is 15.9. The fourth-order valence-corrected chi connectivity index (χ4v) is 3.01. The molecule has 3 rings (SSSR count). The van der Waals surface area contributed by atoms with E-state index in [1.807, 2.05) is 36.4 Å². The summed E-state index contributed by atoms with van der Waals surface area (Å²) in [6.45, 7) is 2.19. The van der Waals surface area contributed by atoms with Crippen molar-refractivity contribution < 1.29 is 4.79 Å². The molecule has 0 bridgehead atoms. The van der Waals surface area contributed by atoms with Crippen LogP contribution < -0.4 is 0 Å². The molecule has 0 N–H and O–H groups in total. The first-order valence-electron chi connectivity index (χ1n) is 8.23. The summed E-state index contributed by atoms with van der Waals surface area (Å²) in [6, 6.07) is 28.8. The van der Waals surface area contributed by atoms with Crippen molar-refractivity contribution in [1.82, 2.24) is 0 Å². The van der Waals surface area contributed by atoms with Gasteiger partial charge < -0.3 is 0 Å². The fourth-order valence-electron chi connectivity index (χ4n) is 3.01. The van der Waals surface area contributed by atoms with E-state index < -0.39 is 0 Å². The SMILES string of the molecule is CC/C(=C(/c1ccccc1)c1ccc(C=O)cc1)c1ccccc1. The molecule has 0 unspecified atom stereocenters. The van der Waals surface area contributed by atoms with Gasteiger partial charge in [-0.3, -0.25) is 4.79 Å². The molecule has 1 heteroatoms. The molecule has 1 nitrogen and oxygen atoms in total. The Balaban J connectivity index is 2.24. The highest BCUT2D eigenvalue weighted by atomic mass is 16.1. The molecule has 3 aromatic rings. The largest absolute Gasteiger partial charge is 0.298 e. The predicted molar refractivity (Wildman–Crippen MR) is 101 cm³/mol. The van der Waals surface area contributed by atoms with Crippen molar-refractivity contribution in [2.75, 3.05) is 0 Å². The third kappa shape index (κ3) is 3.36. The maximum Gasteiger partial charge on any atom is 0.150 e. The van der Waals surface area contributed by atoms with Crippen LogP contribution in [-0.2, 0) is 0 Å². The second kappa shape index (κ2) is 7.56. The van der Waals surface area contributed by atoms with Crippen molar-refractivity contribution in [3.8, 4) is 0 Å². The van der Waals surface area contributed by atoms with Crippen molar-refractivity contribution in [1.29, 1.82) is 0 Å². The van der Waals surface area contributed by atoms with Gasteiger partial charge in [-0.15, -0.1) is 0 Å². The molecule has 118 valence electrons. The van der Waals surface area contributed by atoms with Crippen LogP contribution in [0.15, 0.2) is 84.9 Å². The summed E-state index contributed by atoms with van der Waals surface area (Å²) < 4.78 is 0. The highest BCUT2D eigenvalue weighted by molar-refractivity contribution is 5.98. The third-order valence-corrected chi connectivity index (χ3v) is 4.18. The maximum atomic E-state index is 11.0. The lowest BCUT2D eigenvalue weighted by molar-refractivity contribution is 0.112. The van der Waals surface area contributed by atoms with Crippen LogP contribution in [0, 0.1) is 0 Å². The molecule has 0 heterocycles. The number of hydrogen-bond donors (Lipinski definition) is 0. The highest BCUT2D eigenvalue weighted by Crippen LogP contribution is 2.34. The van der Waals surface area contributed by atoms with Gasteiger partial charge >= 0.3 is 0 Å². The molecule has 0 aliphatic carbocycles. The molecular formula is C23H20O. The van der Waals surface area contributed by atoms with Gasteiger partial charge in [-0.25, -0.2) is 0 Å². The fraction of sp³-hybridized carbons (Fsp3) is 0.0870. The van der Waals surface area contributed by atoms with E-state index >= 15 is 0 Å². The lowest BCUT2D eigenvalue weighted by Crippen LogP contribution is -1.95. The van der Waals surface area contributed by atoms with Gasteiger partial charge in [-0.05, 0) is 34.3 Å². The molecule has 24 heavy (non-hydrogen) atoms. The minimum absolute atomic E-state index is 0.698. The Labute approximate surface area is 143 Å². The van der Waals surface area contributed by atoms with E-state index in [9.17, 15) is 4.79 Å². The third-order valence-electron chi connectivity index (χ3n) is 4.18. The van der Waals surface area contributed by atoms with E-state index in [0.29, 0.717) is 5.56 Å². The van der Waals surface area contributed by atoms with E-state index in [1.165, 1.54) is 22.3 Å². The van der Waals surface area contributed by atoms with Crippen LogP contribution in [0.3, 0.4) is 0 Å². The van der Waals surface area contributed by atoms with Crippen LogP contribution in [0.2, 0.25) is 0 Å². The number of allylic oxidation sites excluding steroid dienone is 1. The topological polar surface area (TPSA) is 17.1 Å². The number of aldehydes is 1. The van der Waals surface area contributed by atoms with Crippen LogP contribution in [0.4, 0.5) is 0 Å². The first-order chi connectivity index (χ1) is 11.8. The summed E-state index contributed by atoms with van der Waals surface area (Å²) >= 11 is 0. The zero-order valence-corrected chi connectivity index (χ0v) is 13.8. The van der Waals surface area contributed by atoms with Crippen molar-refractivity contribution in [3.05, 3.63) is 107 Å². The zero-order valence-electron chi connectivity index (χ0n) is 13.8. The Morgan fingerprint density at radius 2 is 1.21 bits per heavy atom. The van der Waals surface area contributed by atoms with E-state index in [4.69, 9.17) is 0 Å². The summed E-state index contributed by atoms with van der Waals surface area (Å²) in [5, 5.41) is 0. The van der Waals surface area contributed by atoms with Gasteiger partial charge in [0.1, 0.15) is 6.29 Å². The van der Waals surface area contributed by atoms with Gasteiger partial charge in [-0.1, -0.05) is 91.9 Å². The van der Waals surface area contributed by atoms with E-state index in [-0.39, 0.29) is 0 Å². The molecule has 0 aliphatic rings. The Morgan fingerprint density at radius 3 is 1.71 bits per heavy atom. The minimum atomic E-state index is 0.698. The van der Waals surface area contributed by atoms with Gasteiger partial charge in [0.15, 0.2) is 0 Å². The normalized spacial score (nSPS) is 11.7. The van der Waals surface area contributed by atoms with Crippen LogP contribution in [-0.4, -0.2) is 6.29 Å². The standard InChI is InChI=1S/C23H20O/c1-2-22(19-9-5-3-6-10-19)23(20-11-7-4-8-12-20)21-15-13-18(17-24)14-16-21/h3-17H,2H2,1H3/b23-22+. The summed E-state index contributed by atoms with van der Waals surface area (Å²) in [5.74, 6) is 0. The van der Waals surface area contributed by atoms with Crippen LogP contribution in [0.25, 0.3) is 11.1 Å². The average molecular weight is 312 g/mol. The van der Waals surface area contributed by atoms with Crippen molar-refractivity contribution >= 4 is 17.4 Å². The monoisotopic (exact) mass is 312 g/mol. The van der Waals surface area contributed by atoms with E-state index in [2.05, 4.69) is 55.5 Å². The van der Waals surface area contributed by atoms with Gasteiger partial charge in [0.2, 0.25) is 0 Å². The quantitative estimate of drug-likeness (QED) is 0.425. The van der Waals surface area contributed by atoms with Gasteiger partial charge in [0.05, 0.1) is 0 Å². The molecule has 0 atom stereocenters. The summed E-state index contributed by atoms with van der Waals surface area (Å²) in [7, 11) is 0. The molecule has 0 fully saturated rings. The second-order valence-electron chi connectivity index (χ2n) is 5.68. The predicted octanol–water partition coefficient (Wildman–Crippen LogP) is 5.87. The maximum absolute atomic E-state index is 11.0. The summed E-state index contributed by atoms with van der Waals surface area (Å²) in [4.78, 5) is 11.0. The van der Waals surface area contributed by atoms with Gasteiger partial charge in [0.25, 0.3) is 0 Å². The smallest absolute Gasteiger partial charge is 0.150 e. The second-order valence-corrected chi connectivity index (χ2v) is 5.68. The molecule has 0 aromatic heterocycles. The summed E-state index contributed by atoms with van der Waals surface area (Å²) in [5.41, 5.74) is 6.79. The number of rotatable bonds is 5. The Kier molecular flexibility index (Phi) is 5.02. The minimum Gasteiger partial charge on any atom is -0.298 e. The Bertz CT molecular complexity index is 828. The molecule has 0 saturated heterocycles. The molecule has 0 spiro atoms.